The zero-order chi connectivity index (χ0) is 14.0. The van der Waals surface area contributed by atoms with Crippen molar-refractivity contribution in [1.82, 2.24) is 0 Å². The lowest BCUT2D eigenvalue weighted by Gasteiger charge is -2.07. The van der Waals surface area contributed by atoms with E-state index in [9.17, 15) is 4.79 Å². The molecule has 1 aliphatic rings. The highest BCUT2D eigenvalue weighted by atomic mass is 16.6. The molecule has 1 heterocycles. The lowest BCUT2D eigenvalue weighted by atomic mass is 9.88. The first-order chi connectivity index (χ1) is 9.79. The standard InChI is InChI=1S/C16H13N2O2/c17-18-11-14(19)16(13-9-5-2-6-10-13)15(20-16)12-7-3-1-4-8-12/h1-11,15,17H/q+1. The van der Waals surface area contributed by atoms with Crippen LogP contribution in [0.1, 0.15) is 17.2 Å². The average Bonchev–Trinajstić information content (AvgIpc) is 3.26. The minimum Gasteiger partial charge on any atom is -0.347 e. The van der Waals surface area contributed by atoms with Gasteiger partial charge in [-0.2, -0.15) is 0 Å². The van der Waals surface area contributed by atoms with Crippen LogP contribution in [0.4, 0.5) is 0 Å². The summed E-state index contributed by atoms with van der Waals surface area (Å²) >= 11 is 0. The highest BCUT2D eigenvalue weighted by Gasteiger charge is 2.65. The number of rotatable bonds is 4. The van der Waals surface area contributed by atoms with Crippen LogP contribution < -0.4 is 0 Å². The quantitative estimate of drug-likeness (QED) is 0.399. The van der Waals surface area contributed by atoms with Crippen LogP contribution >= 0.6 is 0 Å². The number of nitrogens with zero attached hydrogens (tertiary/aromatic N) is 1. The molecule has 98 valence electrons. The number of carbonyl (C=O) groups excluding carboxylic acids is 1. The molecule has 1 N–H and O–H groups in total. The topological polar surface area (TPSA) is 67.5 Å². The molecule has 2 aromatic rings. The van der Waals surface area contributed by atoms with Crippen molar-refractivity contribution in [2.24, 2.45) is 0 Å². The monoisotopic (exact) mass is 265 g/mol. The second kappa shape index (κ2) is 4.85. The SMILES string of the molecule is N=[N+]=CC(=O)C1(c2ccccc2)OC1c1ccccc1. The molecule has 0 amide bonds. The molecule has 1 saturated heterocycles. The molecule has 0 aromatic heterocycles. The molecule has 20 heavy (non-hydrogen) atoms. The molecule has 3 rings (SSSR count). The molecule has 2 atom stereocenters. The van der Waals surface area contributed by atoms with E-state index in [1.165, 1.54) is 0 Å². The first-order valence-electron chi connectivity index (χ1n) is 6.31. The Hall–Kier alpha value is -2.55. The van der Waals surface area contributed by atoms with Crippen molar-refractivity contribution in [3.8, 4) is 0 Å². The van der Waals surface area contributed by atoms with E-state index in [1.807, 2.05) is 60.7 Å². The van der Waals surface area contributed by atoms with Crippen molar-refractivity contribution in [2.75, 3.05) is 0 Å². The summed E-state index contributed by atoms with van der Waals surface area (Å²) in [5.74, 6) is -0.299. The van der Waals surface area contributed by atoms with E-state index in [0.29, 0.717) is 0 Å². The predicted molar refractivity (Wildman–Crippen MR) is 72.4 cm³/mol. The number of hydrogen-bond donors (Lipinski definition) is 1. The second-order valence-electron chi connectivity index (χ2n) is 4.63. The predicted octanol–water partition coefficient (Wildman–Crippen LogP) is 2.53. The molecule has 1 aliphatic heterocycles. The number of nitrogens with one attached hydrogen (secondary N) is 1. The van der Waals surface area contributed by atoms with Crippen LogP contribution in [-0.4, -0.2) is 16.8 Å². The first-order valence-corrected chi connectivity index (χ1v) is 6.31. The number of carbonyl (C=O) groups is 1. The molecule has 0 aliphatic carbocycles. The summed E-state index contributed by atoms with van der Waals surface area (Å²) < 4.78 is 5.77. The summed E-state index contributed by atoms with van der Waals surface area (Å²) in [6.07, 6.45) is 0.687. The third-order valence-electron chi connectivity index (χ3n) is 3.47. The normalized spacial score (nSPS) is 23.7. The zero-order valence-corrected chi connectivity index (χ0v) is 10.7. The van der Waals surface area contributed by atoms with Gasteiger partial charge in [0.25, 0.3) is 5.78 Å². The number of Topliss-reactive ketones (excluding diaryl/α,β-unsaturated/α-hetero) is 1. The van der Waals surface area contributed by atoms with Gasteiger partial charge in [-0.05, 0) is 11.1 Å². The van der Waals surface area contributed by atoms with Crippen molar-refractivity contribution in [3.05, 3.63) is 71.8 Å². The number of ether oxygens (including phenoxy) is 1. The molecule has 0 bridgehead atoms. The van der Waals surface area contributed by atoms with Crippen LogP contribution in [0.15, 0.2) is 60.7 Å². The maximum atomic E-state index is 12.3. The highest BCUT2D eigenvalue weighted by molar-refractivity contribution is 6.30. The van der Waals surface area contributed by atoms with Gasteiger partial charge in [0, 0.05) is 0 Å². The van der Waals surface area contributed by atoms with Crippen LogP contribution in [0.3, 0.4) is 0 Å². The third kappa shape index (κ3) is 1.88. The van der Waals surface area contributed by atoms with E-state index in [-0.39, 0.29) is 11.9 Å². The molecule has 0 saturated carbocycles. The van der Waals surface area contributed by atoms with E-state index in [4.69, 9.17) is 10.3 Å². The minimum atomic E-state index is -1.03. The van der Waals surface area contributed by atoms with Gasteiger partial charge in [-0.15, -0.1) is 0 Å². The molecule has 0 radical (unpaired) electrons. The van der Waals surface area contributed by atoms with Crippen molar-refractivity contribution < 1.29 is 14.3 Å². The fraction of sp³-hybridized carbons (Fsp3) is 0.125. The zero-order valence-electron chi connectivity index (χ0n) is 10.7. The van der Waals surface area contributed by atoms with Crippen LogP contribution in [0.2, 0.25) is 0 Å². The Morgan fingerprint density at radius 2 is 1.70 bits per heavy atom. The van der Waals surface area contributed by atoms with Crippen molar-refractivity contribution in [2.45, 2.75) is 11.7 Å². The van der Waals surface area contributed by atoms with E-state index in [1.54, 1.807) is 0 Å². The minimum absolute atomic E-state index is 0.299. The fourth-order valence-corrected chi connectivity index (χ4v) is 2.47. The van der Waals surface area contributed by atoms with Crippen molar-refractivity contribution >= 4 is 12.0 Å². The van der Waals surface area contributed by atoms with Gasteiger partial charge in [0.05, 0.1) is 10.3 Å². The smallest absolute Gasteiger partial charge is 0.347 e. The Balaban J connectivity index is 2.05. The molecule has 4 nitrogen and oxygen atoms in total. The number of hydrogen-bond acceptors (Lipinski definition) is 3. The van der Waals surface area contributed by atoms with E-state index in [2.05, 4.69) is 4.79 Å². The van der Waals surface area contributed by atoms with Gasteiger partial charge < -0.3 is 4.74 Å². The van der Waals surface area contributed by atoms with Crippen molar-refractivity contribution in [3.63, 3.8) is 0 Å². The lowest BCUT2D eigenvalue weighted by Crippen LogP contribution is -2.24. The maximum absolute atomic E-state index is 12.3. The van der Waals surface area contributed by atoms with Crippen LogP contribution in [0.25, 0.3) is 0 Å². The Labute approximate surface area is 116 Å². The summed E-state index contributed by atoms with van der Waals surface area (Å²) in [6.45, 7) is 0. The molecular formula is C16H13N2O2+. The van der Waals surface area contributed by atoms with Crippen LogP contribution in [0, 0.1) is 5.53 Å². The molecule has 0 spiro atoms. The first kappa shape index (κ1) is 12.5. The maximum Gasteiger partial charge on any atom is 0.376 e. The Bertz CT molecular complexity index is 678. The summed E-state index contributed by atoms with van der Waals surface area (Å²) in [4.78, 5) is 15.4. The summed E-state index contributed by atoms with van der Waals surface area (Å²) in [5.41, 5.74) is 7.57. The van der Waals surface area contributed by atoms with Gasteiger partial charge in [0.15, 0.2) is 5.60 Å². The third-order valence-corrected chi connectivity index (χ3v) is 3.47. The van der Waals surface area contributed by atoms with Crippen LogP contribution in [0.5, 0.6) is 0 Å². The fourth-order valence-electron chi connectivity index (χ4n) is 2.47. The number of ketones is 1. The van der Waals surface area contributed by atoms with Crippen molar-refractivity contribution in [1.29, 1.82) is 5.53 Å². The van der Waals surface area contributed by atoms with Crippen LogP contribution in [-0.2, 0) is 15.1 Å². The number of epoxide rings is 1. The van der Waals surface area contributed by atoms with E-state index >= 15 is 0 Å². The Morgan fingerprint density at radius 1 is 1.10 bits per heavy atom. The van der Waals surface area contributed by atoms with E-state index < -0.39 is 5.60 Å². The van der Waals surface area contributed by atoms with Gasteiger partial charge in [0.1, 0.15) is 6.10 Å². The molecule has 1 fully saturated rings. The van der Waals surface area contributed by atoms with E-state index in [0.717, 1.165) is 17.3 Å². The van der Waals surface area contributed by atoms with Gasteiger partial charge in [0.2, 0.25) is 0 Å². The summed E-state index contributed by atoms with van der Waals surface area (Å²) in [6, 6.07) is 18.9. The van der Waals surface area contributed by atoms with Gasteiger partial charge in [-0.25, -0.2) is 0 Å². The molecular weight excluding hydrogens is 252 g/mol. The van der Waals surface area contributed by atoms with Gasteiger partial charge in [-0.1, -0.05) is 60.7 Å². The van der Waals surface area contributed by atoms with Gasteiger partial charge in [-0.3, -0.25) is 4.79 Å². The molecule has 2 aromatic carbocycles. The molecule has 2 unspecified atom stereocenters. The Morgan fingerprint density at radius 3 is 2.30 bits per heavy atom. The largest absolute Gasteiger partial charge is 0.376 e. The lowest BCUT2D eigenvalue weighted by molar-refractivity contribution is -0.134. The Kier molecular flexibility index (Phi) is 3.03. The van der Waals surface area contributed by atoms with Gasteiger partial charge >= 0.3 is 6.21 Å². The second-order valence-corrected chi connectivity index (χ2v) is 4.63. The highest BCUT2D eigenvalue weighted by Crippen LogP contribution is 2.57. The average molecular weight is 265 g/mol. The summed E-state index contributed by atoms with van der Waals surface area (Å²) in [7, 11) is 0. The summed E-state index contributed by atoms with van der Waals surface area (Å²) in [5, 5.41) is 0. The number of benzene rings is 2. The molecule has 4 heteroatoms.